The van der Waals surface area contributed by atoms with Crippen LogP contribution >= 0.6 is 11.6 Å². The summed E-state index contributed by atoms with van der Waals surface area (Å²) in [5, 5.41) is 9.55. The van der Waals surface area contributed by atoms with Crippen molar-refractivity contribution in [1.82, 2.24) is 0 Å². The highest BCUT2D eigenvalue weighted by Gasteiger charge is 2.17. The number of carboxylic acid groups (broad SMARTS) is 1. The number of aliphatic imine (C=N–C) groups is 1. The normalized spacial score (nSPS) is 12.1. The molecule has 0 fully saturated rings. The van der Waals surface area contributed by atoms with E-state index in [-0.39, 0.29) is 0 Å². The van der Waals surface area contributed by atoms with Crippen LogP contribution in [0.15, 0.2) is 47.5 Å². The first-order valence-corrected chi connectivity index (χ1v) is 7.25. The smallest absolute Gasteiger partial charge is 0.344 e. The minimum Gasteiger partial charge on any atom is -0.493 e. The molecule has 5 nitrogen and oxygen atoms in total. The van der Waals surface area contributed by atoms with Gasteiger partial charge < -0.3 is 14.6 Å². The SMILES string of the molecule is COc1cccc(C=Nc2ccccc2Cl)c1O[C@@H](C)C(=O)O. The molecule has 0 heterocycles. The number of aliphatic carboxylic acids is 1. The van der Waals surface area contributed by atoms with E-state index in [1.165, 1.54) is 14.0 Å². The van der Waals surface area contributed by atoms with Crippen LogP contribution in [0.2, 0.25) is 5.02 Å². The van der Waals surface area contributed by atoms with E-state index in [9.17, 15) is 4.79 Å². The van der Waals surface area contributed by atoms with Crippen LogP contribution < -0.4 is 9.47 Å². The molecule has 0 saturated heterocycles. The molecule has 1 atom stereocenters. The lowest BCUT2D eigenvalue weighted by molar-refractivity contribution is -0.144. The number of carboxylic acids is 1. The molecule has 120 valence electrons. The number of hydrogen-bond acceptors (Lipinski definition) is 4. The number of ether oxygens (including phenoxy) is 2. The van der Waals surface area contributed by atoms with E-state index in [4.69, 9.17) is 26.2 Å². The number of rotatable bonds is 6. The van der Waals surface area contributed by atoms with E-state index < -0.39 is 12.1 Å². The van der Waals surface area contributed by atoms with E-state index in [1.54, 1.807) is 36.5 Å². The summed E-state index contributed by atoms with van der Waals surface area (Å²) >= 11 is 6.07. The summed E-state index contributed by atoms with van der Waals surface area (Å²) in [6.07, 6.45) is 0.548. The molecule has 2 aromatic rings. The Labute approximate surface area is 139 Å². The van der Waals surface area contributed by atoms with Crippen molar-refractivity contribution in [1.29, 1.82) is 0 Å². The molecular formula is C17H16ClNO4. The van der Waals surface area contributed by atoms with E-state index in [0.717, 1.165) is 0 Å². The van der Waals surface area contributed by atoms with Crippen molar-refractivity contribution in [3.8, 4) is 11.5 Å². The summed E-state index contributed by atoms with van der Waals surface area (Å²) in [6, 6.07) is 12.4. The first kappa shape index (κ1) is 16.8. The van der Waals surface area contributed by atoms with Gasteiger partial charge in [-0.25, -0.2) is 4.79 Å². The Morgan fingerprint density at radius 2 is 2.00 bits per heavy atom. The molecule has 0 spiro atoms. The van der Waals surface area contributed by atoms with Crippen LogP contribution in [-0.2, 0) is 4.79 Å². The molecular weight excluding hydrogens is 318 g/mol. The van der Waals surface area contributed by atoms with Crippen molar-refractivity contribution in [3.63, 3.8) is 0 Å². The fraction of sp³-hybridized carbons (Fsp3) is 0.176. The number of halogens is 1. The van der Waals surface area contributed by atoms with Gasteiger partial charge in [-0.1, -0.05) is 29.8 Å². The van der Waals surface area contributed by atoms with Crippen LogP contribution in [0.5, 0.6) is 11.5 Å². The molecule has 1 N–H and O–H groups in total. The summed E-state index contributed by atoms with van der Waals surface area (Å²) in [4.78, 5) is 15.3. The first-order chi connectivity index (χ1) is 11.0. The molecule has 0 radical (unpaired) electrons. The number of para-hydroxylation sites is 2. The molecule has 0 aliphatic carbocycles. The third-order valence-corrected chi connectivity index (χ3v) is 3.39. The van der Waals surface area contributed by atoms with E-state index in [1.807, 2.05) is 12.1 Å². The van der Waals surface area contributed by atoms with Crippen molar-refractivity contribution in [2.24, 2.45) is 4.99 Å². The first-order valence-electron chi connectivity index (χ1n) is 6.88. The quantitative estimate of drug-likeness (QED) is 0.813. The van der Waals surface area contributed by atoms with Crippen LogP contribution in [-0.4, -0.2) is 30.5 Å². The van der Waals surface area contributed by atoms with E-state index >= 15 is 0 Å². The van der Waals surface area contributed by atoms with Crippen LogP contribution in [0.25, 0.3) is 0 Å². The standard InChI is InChI=1S/C17H16ClNO4/c1-11(17(20)21)23-16-12(6-5-9-15(16)22-2)10-19-14-8-4-3-7-13(14)18/h3-11H,1-2H3,(H,20,21)/t11-/m0/s1. The highest BCUT2D eigenvalue weighted by Crippen LogP contribution is 2.32. The molecule has 23 heavy (non-hydrogen) atoms. The molecule has 0 aromatic heterocycles. The van der Waals surface area contributed by atoms with Gasteiger partial charge in [0.25, 0.3) is 0 Å². The third kappa shape index (κ3) is 4.23. The summed E-state index contributed by atoms with van der Waals surface area (Å²) in [7, 11) is 1.49. The van der Waals surface area contributed by atoms with Crippen molar-refractivity contribution in [2.45, 2.75) is 13.0 Å². The second-order valence-corrected chi connectivity index (χ2v) is 5.09. The zero-order valence-corrected chi connectivity index (χ0v) is 13.4. The Bertz CT molecular complexity index is 730. The molecule has 0 saturated carbocycles. The summed E-state index contributed by atoms with van der Waals surface area (Å²) < 4.78 is 10.7. The lowest BCUT2D eigenvalue weighted by Crippen LogP contribution is -2.23. The van der Waals surface area contributed by atoms with Gasteiger partial charge in [-0.15, -0.1) is 0 Å². The number of benzene rings is 2. The topological polar surface area (TPSA) is 68.1 Å². The van der Waals surface area contributed by atoms with Crippen molar-refractivity contribution < 1.29 is 19.4 Å². The second kappa shape index (κ2) is 7.65. The van der Waals surface area contributed by atoms with Gasteiger partial charge in [-0.3, -0.25) is 4.99 Å². The Morgan fingerprint density at radius 3 is 2.65 bits per heavy atom. The van der Waals surface area contributed by atoms with Gasteiger partial charge in [0.15, 0.2) is 17.6 Å². The lowest BCUT2D eigenvalue weighted by atomic mass is 10.2. The van der Waals surface area contributed by atoms with Crippen LogP contribution in [0.4, 0.5) is 5.69 Å². The largest absolute Gasteiger partial charge is 0.493 e. The van der Waals surface area contributed by atoms with Gasteiger partial charge in [0.05, 0.1) is 17.8 Å². The molecule has 0 amide bonds. The molecule has 0 aliphatic rings. The van der Waals surface area contributed by atoms with Crippen molar-refractivity contribution >= 4 is 29.5 Å². The predicted octanol–water partition coefficient (Wildman–Crippen LogP) is 3.95. The zero-order chi connectivity index (χ0) is 16.8. The predicted molar refractivity (Wildman–Crippen MR) is 89.4 cm³/mol. The summed E-state index contributed by atoms with van der Waals surface area (Å²) in [6.45, 7) is 1.45. The zero-order valence-electron chi connectivity index (χ0n) is 12.7. The van der Waals surface area contributed by atoms with Gasteiger partial charge in [0.2, 0.25) is 0 Å². The Hall–Kier alpha value is -2.53. The Kier molecular flexibility index (Phi) is 5.60. The fourth-order valence-corrected chi connectivity index (χ4v) is 2.03. The van der Waals surface area contributed by atoms with Gasteiger partial charge in [-0.05, 0) is 31.2 Å². The van der Waals surface area contributed by atoms with Gasteiger partial charge in [-0.2, -0.15) is 0 Å². The molecule has 6 heteroatoms. The number of nitrogens with zero attached hydrogens (tertiary/aromatic N) is 1. The highest BCUT2D eigenvalue weighted by atomic mass is 35.5. The maximum Gasteiger partial charge on any atom is 0.344 e. The molecule has 2 rings (SSSR count). The minimum absolute atomic E-state index is 0.320. The fourth-order valence-electron chi connectivity index (χ4n) is 1.84. The maximum atomic E-state index is 11.0. The highest BCUT2D eigenvalue weighted by molar-refractivity contribution is 6.33. The average molecular weight is 334 g/mol. The summed E-state index contributed by atoms with van der Waals surface area (Å²) in [5.41, 5.74) is 1.20. The summed E-state index contributed by atoms with van der Waals surface area (Å²) in [5.74, 6) is -0.313. The molecule has 0 bridgehead atoms. The lowest BCUT2D eigenvalue weighted by Gasteiger charge is -2.15. The monoisotopic (exact) mass is 333 g/mol. The van der Waals surface area contributed by atoms with Gasteiger partial charge in [0.1, 0.15) is 0 Å². The Morgan fingerprint density at radius 1 is 1.26 bits per heavy atom. The van der Waals surface area contributed by atoms with Gasteiger partial charge in [0, 0.05) is 11.8 Å². The van der Waals surface area contributed by atoms with Crippen LogP contribution in [0.3, 0.4) is 0 Å². The maximum absolute atomic E-state index is 11.0. The third-order valence-electron chi connectivity index (χ3n) is 3.07. The van der Waals surface area contributed by atoms with E-state index in [2.05, 4.69) is 4.99 Å². The van der Waals surface area contributed by atoms with Crippen molar-refractivity contribution in [2.75, 3.05) is 7.11 Å². The van der Waals surface area contributed by atoms with Crippen LogP contribution in [0, 0.1) is 0 Å². The Balaban J connectivity index is 2.38. The van der Waals surface area contributed by atoms with Gasteiger partial charge >= 0.3 is 5.97 Å². The molecule has 0 unspecified atom stereocenters. The molecule has 2 aromatic carbocycles. The van der Waals surface area contributed by atoms with Crippen molar-refractivity contribution in [3.05, 3.63) is 53.1 Å². The minimum atomic E-state index is -1.06. The second-order valence-electron chi connectivity index (χ2n) is 4.69. The van der Waals surface area contributed by atoms with Crippen LogP contribution in [0.1, 0.15) is 12.5 Å². The number of hydrogen-bond donors (Lipinski definition) is 1. The van der Waals surface area contributed by atoms with E-state index in [0.29, 0.717) is 27.8 Å². The number of methoxy groups -OCH3 is 1. The molecule has 0 aliphatic heterocycles. The number of carbonyl (C=O) groups is 1. The average Bonchev–Trinajstić information content (AvgIpc) is 2.54.